The Morgan fingerprint density at radius 1 is 1.14 bits per heavy atom. The summed E-state index contributed by atoms with van der Waals surface area (Å²) < 4.78 is 43.9. The second-order valence-electron chi connectivity index (χ2n) is 4.64. The molecule has 0 spiro atoms. The fourth-order valence-electron chi connectivity index (χ4n) is 1.63. The van der Waals surface area contributed by atoms with Crippen molar-refractivity contribution in [2.45, 2.75) is 25.9 Å². The van der Waals surface area contributed by atoms with Gasteiger partial charge in [-0.05, 0) is 12.1 Å². The number of hydrogen-bond donors (Lipinski definition) is 0. The van der Waals surface area contributed by atoms with Crippen LogP contribution in [0.1, 0.15) is 31.2 Å². The zero-order valence-electron chi connectivity index (χ0n) is 11.3. The highest BCUT2D eigenvalue weighted by Gasteiger charge is 2.34. The number of para-hydroxylation sites is 1. The Hall–Kier alpha value is -1.82. The Kier molecular flexibility index (Phi) is 4.37. The number of nitrogens with zero attached hydrogens (tertiary/aromatic N) is 2. The molecule has 3 nitrogen and oxygen atoms in total. The van der Waals surface area contributed by atoms with Gasteiger partial charge < -0.3 is 4.74 Å². The number of hydrogen-bond acceptors (Lipinski definition) is 3. The van der Waals surface area contributed by atoms with Crippen LogP contribution in [-0.2, 0) is 6.18 Å². The van der Waals surface area contributed by atoms with E-state index in [1.807, 2.05) is 13.8 Å². The number of halogens is 4. The third-order valence-corrected chi connectivity index (χ3v) is 2.81. The van der Waals surface area contributed by atoms with Gasteiger partial charge in [0.1, 0.15) is 16.7 Å². The quantitative estimate of drug-likeness (QED) is 0.742. The van der Waals surface area contributed by atoms with E-state index in [2.05, 4.69) is 9.97 Å². The smallest absolute Gasteiger partial charge is 0.419 e. The Labute approximate surface area is 124 Å². The van der Waals surface area contributed by atoms with Crippen LogP contribution in [0.25, 0.3) is 0 Å². The summed E-state index contributed by atoms with van der Waals surface area (Å²) in [5.41, 5.74) is -0.870. The van der Waals surface area contributed by atoms with Gasteiger partial charge >= 0.3 is 6.18 Å². The van der Waals surface area contributed by atoms with Crippen molar-refractivity contribution >= 4 is 11.6 Å². The van der Waals surface area contributed by atoms with Crippen LogP contribution < -0.4 is 4.74 Å². The minimum atomic E-state index is -4.51. The summed E-state index contributed by atoms with van der Waals surface area (Å²) in [6.07, 6.45) is -4.51. The number of rotatable bonds is 3. The average molecular weight is 317 g/mol. The number of ether oxygens (including phenoxy) is 1. The summed E-state index contributed by atoms with van der Waals surface area (Å²) in [6.45, 7) is 3.69. The second kappa shape index (κ2) is 5.89. The molecule has 21 heavy (non-hydrogen) atoms. The van der Waals surface area contributed by atoms with Crippen molar-refractivity contribution < 1.29 is 17.9 Å². The summed E-state index contributed by atoms with van der Waals surface area (Å²) >= 11 is 5.84. The van der Waals surface area contributed by atoms with Crippen molar-refractivity contribution in [3.8, 4) is 11.6 Å². The van der Waals surface area contributed by atoms with Crippen LogP contribution in [0.4, 0.5) is 13.2 Å². The summed E-state index contributed by atoms with van der Waals surface area (Å²) in [6, 6.07) is 6.20. The molecule has 0 fully saturated rings. The van der Waals surface area contributed by atoms with Gasteiger partial charge in [-0.1, -0.05) is 37.6 Å². The standard InChI is InChI=1S/C14H12ClF3N2O/c1-8(2)13-19-11(15)7-12(20-13)21-10-6-4-3-5-9(10)14(16,17)18/h3-8H,1-2H3. The highest BCUT2D eigenvalue weighted by molar-refractivity contribution is 6.29. The van der Waals surface area contributed by atoms with E-state index in [9.17, 15) is 13.2 Å². The lowest BCUT2D eigenvalue weighted by molar-refractivity contribution is -0.138. The van der Waals surface area contributed by atoms with Gasteiger partial charge in [-0.2, -0.15) is 18.2 Å². The van der Waals surface area contributed by atoms with Gasteiger partial charge in [0.05, 0.1) is 5.56 Å². The van der Waals surface area contributed by atoms with Gasteiger partial charge in [0, 0.05) is 12.0 Å². The highest BCUT2D eigenvalue weighted by atomic mass is 35.5. The number of alkyl halides is 3. The molecule has 2 aromatic rings. The zero-order chi connectivity index (χ0) is 15.6. The third-order valence-electron chi connectivity index (χ3n) is 2.61. The number of benzene rings is 1. The molecular formula is C14H12ClF3N2O. The van der Waals surface area contributed by atoms with E-state index < -0.39 is 11.7 Å². The molecular weight excluding hydrogens is 305 g/mol. The molecule has 0 bridgehead atoms. The minimum absolute atomic E-state index is 0.0181. The van der Waals surface area contributed by atoms with E-state index in [4.69, 9.17) is 16.3 Å². The van der Waals surface area contributed by atoms with E-state index in [-0.39, 0.29) is 22.7 Å². The largest absolute Gasteiger partial charge is 0.438 e. The topological polar surface area (TPSA) is 35.0 Å². The Bertz CT molecular complexity index is 644. The molecule has 1 heterocycles. The summed E-state index contributed by atoms with van der Waals surface area (Å²) in [5, 5.41) is 0.119. The van der Waals surface area contributed by atoms with Gasteiger partial charge in [-0.3, -0.25) is 0 Å². The fourth-order valence-corrected chi connectivity index (χ4v) is 1.81. The monoisotopic (exact) mass is 316 g/mol. The molecule has 0 radical (unpaired) electrons. The first-order valence-corrected chi connectivity index (χ1v) is 6.53. The molecule has 0 saturated heterocycles. The third kappa shape index (κ3) is 3.85. The fraction of sp³-hybridized carbons (Fsp3) is 0.286. The first kappa shape index (κ1) is 15.6. The molecule has 7 heteroatoms. The van der Waals surface area contributed by atoms with Gasteiger partial charge in [-0.25, -0.2) is 4.98 Å². The van der Waals surface area contributed by atoms with Gasteiger partial charge in [0.25, 0.3) is 0 Å². The minimum Gasteiger partial charge on any atom is -0.438 e. The van der Waals surface area contributed by atoms with Crippen molar-refractivity contribution in [2.24, 2.45) is 0 Å². The molecule has 0 aliphatic heterocycles. The van der Waals surface area contributed by atoms with E-state index in [0.29, 0.717) is 5.82 Å². The molecule has 2 rings (SSSR count). The van der Waals surface area contributed by atoms with Crippen LogP contribution in [0, 0.1) is 0 Å². The van der Waals surface area contributed by atoms with Crippen molar-refractivity contribution in [3.63, 3.8) is 0 Å². The molecule has 0 saturated carbocycles. The molecule has 1 aromatic carbocycles. The molecule has 0 atom stereocenters. The van der Waals surface area contributed by atoms with E-state index in [1.54, 1.807) is 0 Å². The lowest BCUT2D eigenvalue weighted by Gasteiger charge is -2.13. The van der Waals surface area contributed by atoms with Crippen LogP contribution in [0.15, 0.2) is 30.3 Å². The SMILES string of the molecule is CC(C)c1nc(Cl)cc(Oc2ccccc2C(F)(F)F)n1. The van der Waals surface area contributed by atoms with Crippen LogP contribution in [0.5, 0.6) is 11.6 Å². The molecule has 0 aliphatic rings. The first-order chi connectivity index (χ1) is 9.77. The Morgan fingerprint density at radius 2 is 1.81 bits per heavy atom. The average Bonchev–Trinajstić information content (AvgIpc) is 2.37. The van der Waals surface area contributed by atoms with Gasteiger partial charge in [-0.15, -0.1) is 0 Å². The van der Waals surface area contributed by atoms with Crippen molar-refractivity contribution in [1.82, 2.24) is 9.97 Å². The Balaban J connectivity index is 2.39. The molecule has 0 unspecified atom stereocenters. The van der Waals surface area contributed by atoms with Crippen LogP contribution in [0.2, 0.25) is 5.15 Å². The van der Waals surface area contributed by atoms with Crippen molar-refractivity contribution in [3.05, 3.63) is 46.9 Å². The lowest BCUT2D eigenvalue weighted by atomic mass is 10.2. The number of aromatic nitrogens is 2. The maximum absolute atomic E-state index is 12.9. The van der Waals surface area contributed by atoms with Crippen molar-refractivity contribution in [2.75, 3.05) is 0 Å². The summed E-state index contributed by atoms with van der Waals surface area (Å²) in [5.74, 6) is 0.0378. The normalized spacial score (nSPS) is 11.8. The van der Waals surface area contributed by atoms with Crippen LogP contribution in [-0.4, -0.2) is 9.97 Å². The Morgan fingerprint density at radius 3 is 2.43 bits per heavy atom. The van der Waals surface area contributed by atoms with Gasteiger partial charge in [0.15, 0.2) is 0 Å². The molecule has 0 amide bonds. The van der Waals surface area contributed by atoms with Gasteiger partial charge in [0.2, 0.25) is 5.88 Å². The van der Waals surface area contributed by atoms with Crippen molar-refractivity contribution in [1.29, 1.82) is 0 Å². The van der Waals surface area contributed by atoms with E-state index in [0.717, 1.165) is 6.07 Å². The summed E-state index contributed by atoms with van der Waals surface area (Å²) in [4.78, 5) is 8.06. The molecule has 1 aromatic heterocycles. The second-order valence-corrected chi connectivity index (χ2v) is 5.03. The maximum atomic E-state index is 12.9. The predicted molar refractivity (Wildman–Crippen MR) is 72.6 cm³/mol. The summed E-state index contributed by atoms with van der Waals surface area (Å²) in [7, 11) is 0. The lowest BCUT2D eigenvalue weighted by Crippen LogP contribution is -2.07. The highest BCUT2D eigenvalue weighted by Crippen LogP contribution is 2.37. The predicted octanol–water partition coefficient (Wildman–Crippen LogP) is 5.06. The zero-order valence-corrected chi connectivity index (χ0v) is 12.0. The molecule has 0 aliphatic carbocycles. The molecule has 0 N–H and O–H groups in total. The first-order valence-electron chi connectivity index (χ1n) is 6.16. The van der Waals surface area contributed by atoms with Crippen LogP contribution >= 0.6 is 11.6 Å². The van der Waals surface area contributed by atoms with E-state index >= 15 is 0 Å². The molecule has 112 valence electrons. The van der Waals surface area contributed by atoms with E-state index in [1.165, 1.54) is 24.3 Å². The van der Waals surface area contributed by atoms with Crippen LogP contribution in [0.3, 0.4) is 0 Å². The maximum Gasteiger partial charge on any atom is 0.419 e.